The van der Waals surface area contributed by atoms with Crippen LogP contribution >= 0.6 is 23.2 Å². The molecule has 0 radical (unpaired) electrons. The second kappa shape index (κ2) is 7.38. The summed E-state index contributed by atoms with van der Waals surface area (Å²) in [6.07, 6.45) is 1.12. The zero-order valence-electron chi connectivity index (χ0n) is 11.3. The summed E-state index contributed by atoms with van der Waals surface area (Å²) in [5.41, 5.74) is -0.711. The van der Waals surface area contributed by atoms with Gasteiger partial charge in [0.05, 0.1) is 16.9 Å². The van der Waals surface area contributed by atoms with Gasteiger partial charge in [0.1, 0.15) is 17.3 Å². The van der Waals surface area contributed by atoms with Crippen molar-refractivity contribution in [1.29, 1.82) is 0 Å². The van der Waals surface area contributed by atoms with Crippen LogP contribution in [0.25, 0.3) is 0 Å². The first-order valence-electron chi connectivity index (χ1n) is 6.13. The van der Waals surface area contributed by atoms with Gasteiger partial charge >= 0.3 is 6.61 Å². The van der Waals surface area contributed by atoms with Gasteiger partial charge in [-0.15, -0.1) is 0 Å². The maximum absolute atomic E-state index is 12.3. The fourth-order valence-corrected chi connectivity index (χ4v) is 1.92. The van der Waals surface area contributed by atoms with Crippen molar-refractivity contribution < 1.29 is 18.3 Å². The minimum Gasteiger partial charge on any atom is -0.433 e. The zero-order valence-corrected chi connectivity index (χ0v) is 12.8. The summed E-state index contributed by atoms with van der Waals surface area (Å²) in [6, 6.07) is 5.64. The van der Waals surface area contributed by atoms with Crippen LogP contribution in [0, 0.1) is 0 Å². The number of alkyl halides is 2. The summed E-state index contributed by atoms with van der Waals surface area (Å²) < 4.78 is 29.7. The van der Waals surface area contributed by atoms with Crippen molar-refractivity contribution in [2.45, 2.75) is 13.2 Å². The van der Waals surface area contributed by atoms with E-state index in [1.807, 2.05) is 0 Å². The van der Waals surface area contributed by atoms with E-state index in [1.54, 1.807) is 0 Å². The molecule has 0 unspecified atom stereocenters. The highest BCUT2D eigenvalue weighted by atomic mass is 35.5. The van der Waals surface area contributed by atoms with Gasteiger partial charge in [0.15, 0.2) is 0 Å². The number of ether oxygens (including phenoxy) is 1. The first-order chi connectivity index (χ1) is 10.9. The van der Waals surface area contributed by atoms with Crippen LogP contribution in [-0.4, -0.2) is 22.3 Å². The van der Waals surface area contributed by atoms with Crippen LogP contribution in [0.2, 0.25) is 10.0 Å². The Labute approximate surface area is 138 Å². The molecule has 0 saturated carbocycles. The number of nitrogens with one attached hydrogen (secondary N) is 1. The third-order valence-corrected chi connectivity index (χ3v) is 3.36. The maximum atomic E-state index is 12.3. The molecule has 0 spiro atoms. The fraction of sp³-hybridized carbons (Fsp3) is 0.154. The number of rotatable bonds is 5. The van der Waals surface area contributed by atoms with E-state index in [2.05, 4.69) is 15.2 Å². The Bertz CT molecular complexity index is 783. The maximum Gasteiger partial charge on any atom is 0.387 e. The predicted molar refractivity (Wildman–Crippen MR) is 80.2 cm³/mol. The van der Waals surface area contributed by atoms with Gasteiger partial charge in [-0.3, -0.25) is 9.59 Å². The number of amides is 1. The molecular weight excluding hydrogens is 355 g/mol. The van der Waals surface area contributed by atoms with Crippen LogP contribution in [0.15, 0.2) is 35.3 Å². The topological polar surface area (TPSA) is 73.2 Å². The minimum absolute atomic E-state index is 0.0332. The van der Waals surface area contributed by atoms with E-state index in [1.165, 1.54) is 24.3 Å². The van der Waals surface area contributed by atoms with Crippen molar-refractivity contribution in [1.82, 2.24) is 9.78 Å². The number of anilines is 1. The number of halogens is 4. The van der Waals surface area contributed by atoms with Gasteiger partial charge < -0.3 is 10.1 Å². The molecule has 10 heteroatoms. The van der Waals surface area contributed by atoms with Crippen molar-refractivity contribution in [3.8, 4) is 5.75 Å². The van der Waals surface area contributed by atoms with E-state index in [0.29, 0.717) is 0 Å². The van der Waals surface area contributed by atoms with Crippen molar-refractivity contribution in [2.24, 2.45) is 0 Å². The molecule has 1 aromatic heterocycles. The van der Waals surface area contributed by atoms with Crippen molar-refractivity contribution in [3.05, 3.63) is 50.9 Å². The van der Waals surface area contributed by atoms with Gasteiger partial charge in [-0.1, -0.05) is 35.3 Å². The molecule has 2 rings (SSSR count). The fourth-order valence-electron chi connectivity index (χ4n) is 1.65. The molecule has 23 heavy (non-hydrogen) atoms. The van der Waals surface area contributed by atoms with Crippen molar-refractivity contribution in [2.75, 3.05) is 5.32 Å². The van der Waals surface area contributed by atoms with E-state index in [-0.39, 0.29) is 21.5 Å². The highest BCUT2D eigenvalue weighted by Crippen LogP contribution is 2.25. The third-order valence-electron chi connectivity index (χ3n) is 2.61. The third kappa shape index (κ3) is 4.40. The summed E-state index contributed by atoms with van der Waals surface area (Å²) in [6.45, 7) is -3.51. The number of aromatic nitrogens is 2. The van der Waals surface area contributed by atoms with Gasteiger partial charge in [0.2, 0.25) is 5.91 Å². The Morgan fingerprint density at radius 3 is 2.74 bits per heavy atom. The van der Waals surface area contributed by atoms with E-state index in [4.69, 9.17) is 23.2 Å². The molecule has 0 aliphatic heterocycles. The molecule has 2 aromatic rings. The van der Waals surface area contributed by atoms with Crippen LogP contribution < -0.4 is 15.6 Å². The Morgan fingerprint density at radius 1 is 1.35 bits per heavy atom. The van der Waals surface area contributed by atoms with Crippen LogP contribution in [0.3, 0.4) is 0 Å². The summed E-state index contributed by atoms with van der Waals surface area (Å²) in [5, 5.41) is 5.71. The zero-order chi connectivity index (χ0) is 17.0. The molecule has 0 fully saturated rings. The lowest BCUT2D eigenvalue weighted by Crippen LogP contribution is -2.30. The van der Waals surface area contributed by atoms with E-state index in [9.17, 15) is 18.4 Å². The number of carbonyl (C=O) groups excluding carboxylic acids is 1. The molecule has 122 valence electrons. The number of hydrogen-bond acceptors (Lipinski definition) is 4. The van der Waals surface area contributed by atoms with E-state index >= 15 is 0 Å². The monoisotopic (exact) mass is 363 g/mol. The van der Waals surface area contributed by atoms with Crippen LogP contribution in [-0.2, 0) is 11.3 Å². The quantitative estimate of drug-likeness (QED) is 0.886. The number of para-hydroxylation sites is 2. The predicted octanol–water partition coefficient (Wildman–Crippen LogP) is 2.79. The lowest BCUT2D eigenvalue weighted by molar-refractivity contribution is -0.117. The molecule has 1 amide bonds. The first kappa shape index (κ1) is 17.2. The second-order valence-corrected chi connectivity index (χ2v) is 4.98. The SMILES string of the molecule is O=C(Cn1ncc(Cl)c(Cl)c1=O)Nc1ccccc1OC(F)F. The highest BCUT2D eigenvalue weighted by Gasteiger charge is 2.14. The number of hydrogen-bond donors (Lipinski definition) is 1. The van der Waals surface area contributed by atoms with Crippen LogP contribution in [0.4, 0.5) is 14.5 Å². The van der Waals surface area contributed by atoms with Gasteiger partial charge in [-0.25, -0.2) is 4.68 Å². The van der Waals surface area contributed by atoms with Gasteiger partial charge in [-0.05, 0) is 12.1 Å². The number of benzene rings is 1. The summed E-state index contributed by atoms with van der Waals surface area (Å²) in [5.74, 6) is -0.881. The van der Waals surface area contributed by atoms with Gasteiger partial charge in [0.25, 0.3) is 5.56 Å². The molecule has 0 atom stereocenters. The van der Waals surface area contributed by atoms with Crippen molar-refractivity contribution in [3.63, 3.8) is 0 Å². The number of nitrogens with zero attached hydrogens (tertiary/aromatic N) is 2. The molecule has 0 saturated heterocycles. The van der Waals surface area contributed by atoms with Gasteiger partial charge in [0, 0.05) is 0 Å². The largest absolute Gasteiger partial charge is 0.433 e. The van der Waals surface area contributed by atoms with Crippen molar-refractivity contribution >= 4 is 34.8 Å². The highest BCUT2D eigenvalue weighted by molar-refractivity contribution is 6.41. The average Bonchev–Trinajstić information content (AvgIpc) is 2.49. The molecular formula is C13H9Cl2F2N3O3. The Hall–Kier alpha value is -2.19. The minimum atomic E-state index is -3.03. The molecule has 0 bridgehead atoms. The van der Waals surface area contributed by atoms with Gasteiger partial charge in [-0.2, -0.15) is 13.9 Å². The summed E-state index contributed by atoms with van der Waals surface area (Å²) in [4.78, 5) is 23.7. The average molecular weight is 364 g/mol. The van der Waals surface area contributed by atoms with E-state index < -0.39 is 24.6 Å². The standard InChI is InChI=1S/C13H9Cl2F2N3O3/c14-7-5-18-20(12(22)11(7)15)6-10(21)19-8-3-1-2-4-9(8)23-13(16)17/h1-5,13H,6H2,(H,19,21). The second-order valence-electron chi connectivity index (χ2n) is 4.19. The lowest BCUT2D eigenvalue weighted by atomic mass is 10.3. The molecule has 1 N–H and O–H groups in total. The Morgan fingerprint density at radius 2 is 2.04 bits per heavy atom. The lowest BCUT2D eigenvalue weighted by Gasteiger charge is -2.12. The Balaban J connectivity index is 2.15. The smallest absolute Gasteiger partial charge is 0.387 e. The molecule has 1 heterocycles. The normalized spacial score (nSPS) is 10.7. The Kier molecular flexibility index (Phi) is 5.51. The molecule has 1 aromatic carbocycles. The van der Waals surface area contributed by atoms with Crippen LogP contribution in [0.5, 0.6) is 5.75 Å². The molecule has 0 aliphatic carbocycles. The van der Waals surface area contributed by atoms with Crippen LogP contribution in [0.1, 0.15) is 0 Å². The molecule has 6 nitrogen and oxygen atoms in total. The summed E-state index contributed by atoms with van der Waals surface area (Å²) >= 11 is 11.3. The number of carbonyl (C=O) groups is 1. The molecule has 0 aliphatic rings. The first-order valence-corrected chi connectivity index (χ1v) is 6.89. The summed E-state index contributed by atoms with van der Waals surface area (Å²) in [7, 11) is 0. The van der Waals surface area contributed by atoms with E-state index in [0.717, 1.165) is 10.9 Å².